The monoisotopic (exact) mass is 282 g/mol. The van der Waals surface area contributed by atoms with Crippen LogP contribution in [0.3, 0.4) is 0 Å². The highest BCUT2D eigenvalue weighted by Crippen LogP contribution is 2.33. The molecule has 20 heavy (non-hydrogen) atoms. The number of aliphatic carboxylic acids is 1. The lowest BCUT2D eigenvalue weighted by Gasteiger charge is -2.22. The predicted octanol–water partition coefficient (Wildman–Crippen LogP) is 0.503. The molecule has 1 aliphatic heterocycles. The first-order valence-electron chi connectivity index (χ1n) is 6.51. The zero-order valence-electron chi connectivity index (χ0n) is 11.5. The average molecular weight is 282 g/mol. The minimum atomic E-state index is -0.796. The topological polar surface area (TPSA) is 109 Å². The third-order valence-corrected chi connectivity index (χ3v) is 3.70. The summed E-state index contributed by atoms with van der Waals surface area (Å²) >= 11 is 0. The van der Waals surface area contributed by atoms with Crippen molar-refractivity contribution in [3.63, 3.8) is 0 Å². The van der Waals surface area contributed by atoms with Gasteiger partial charge in [0, 0.05) is 13.5 Å². The normalized spacial score (nSPS) is 22.9. The number of hydrogen-bond donors (Lipinski definition) is 2. The molecule has 1 fully saturated rings. The maximum absolute atomic E-state index is 11.8. The van der Waals surface area contributed by atoms with E-state index in [2.05, 4.69) is 15.5 Å². The Morgan fingerprint density at radius 1 is 1.50 bits per heavy atom. The van der Waals surface area contributed by atoms with Crippen LogP contribution < -0.4 is 5.32 Å². The van der Waals surface area contributed by atoms with Gasteiger partial charge in [0.2, 0.25) is 11.8 Å². The van der Waals surface area contributed by atoms with E-state index in [0.717, 1.165) is 0 Å². The third-order valence-electron chi connectivity index (χ3n) is 3.70. The molecule has 0 saturated carbocycles. The molecule has 2 rings (SSSR count). The van der Waals surface area contributed by atoms with Crippen LogP contribution in [0.15, 0.2) is 4.42 Å². The second-order valence-electron chi connectivity index (χ2n) is 5.07. The van der Waals surface area contributed by atoms with Crippen LogP contribution in [0.4, 0.5) is 6.01 Å². The fraction of sp³-hybridized carbons (Fsp3) is 0.667. The Morgan fingerprint density at radius 3 is 2.75 bits per heavy atom. The number of carboxylic acid groups (broad SMARTS) is 1. The van der Waals surface area contributed by atoms with E-state index in [1.165, 1.54) is 0 Å². The Kier molecular flexibility index (Phi) is 4.03. The Bertz CT molecular complexity index is 515. The van der Waals surface area contributed by atoms with E-state index in [-0.39, 0.29) is 18.5 Å². The zero-order chi connectivity index (χ0) is 14.8. The van der Waals surface area contributed by atoms with E-state index in [4.69, 9.17) is 4.42 Å². The number of likely N-dealkylation sites (tertiary alicyclic amines) is 1. The summed E-state index contributed by atoms with van der Waals surface area (Å²) in [6.45, 7) is 4.59. The molecule has 1 aromatic heterocycles. The van der Waals surface area contributed by atoms with Gasteiger partial charge in [-0.05, 0) is 19.4 Å². The number of rotatable bonds is 5. The van der Waals surface area contributed by atoms with E-state index in [1.54, 1.807) is 6.92 Å². The second kappa shape index (κ2) is 5.58. The molecule has 0 aromatic carbocycles. The number of amides is 1. The van der Waals surface area contributed by atoms with Crippen molar-refractivity contribution >= 4 is 17.9 Å². The van der Waals surface area contributed by atoms with Gasteiger partial charge in [0.05, 0.1) is 12.0 Å². The second-order valence-corrected chi connectivity index (χ2v) is 5.07. The fourth-order valence-corrected chi connectivity index (χ4v) is 2.42. The Balaban J connectivity index is 1.88. The highest BCUT2D eigenvalue weighted by molar-refractivity contribution is 5.90. The SMILES string of the molecule is CCC1(C(=O)O)CCN(CC(=O)Nc2nnc(C)o2)C1. The molecule has 2 N–H and O–H groups in total. The first kappa shape index (κ1) is 14.4. The number of nitrogens with zero attached hydrogens (tertiary/aromatic N) is 3. The van der Waals surface area contributed by atoms with Crippen LogP contribution in [0.1, 0.15) is 25.7 Å². The Hall–Kier alpha value is -1.96. The number of carbonyl (C=O) groups is 2. The van der Waals surface area contributed by atoms with Gasteiger partial charge < -0.3 is 9.52 Å². The number of aromatic nitrogens is 2. The molecule has 0 aliphatic carbocycles. The average Bonchev–Trinajstić information content (AvgIpc) is 2.97. The molecule has 110 valence electrons. The first-order chi connectivity index (χ1) is 9.45. The van der Waals surface area contributed by atoms with Gasteiger partial charge in [-0.1, -0.05) is 12.0 Å². The lowest BCUT2D eigenvalue weighted by molar-refractivity contribution is -0.148. The van der Waals surface area contributed by atoms with Gasteiger partial charge in [-0.25, -0.2) is 0 Å². The Morgan fingerprint density at radius 2 is 2.25 bits per heavy atom. The molecular weight excluding hydrogens is 264 g/mol. The maximum Gasteiger partial charge on any atom is 0.322 e. The summed E-state index contributed by atoms with van der Waals surface area (Å²) in [4.78, 5) is 25.0. The van der Waals surface area contributed by atoms with Crippen molar-refractivity contribution in [3.8, 4) is 0 Å². The summed E-state index contributed by atoms with van der Waals surface area (Å²) in [6, 6.07) is 0.0617. The van der Waals surface area contributed by atoms with Gasteiger partial charge >= 0.3 is 12.0 Å². The van der Waals surface area contributed by atoms with E-state index in [0.29, 0.717) is 31.8 Å². The summed E-state index contributed by atoms with van der Waals surface area (Å²) in [7, 11) is 0. The molecule has 1 unspecified atom stereocenters. The van der Waals surface area contributed by atoms with Crippen LogP contribution in [-0.4, -0.2) is 51.7 Å². The molecule has 1 aliphatic rings. The molecule has 8 nitrogen and oxygen atoms in total. The molecular formula is C12H18N4O4. The van der Waals surface area contributed by atoms with Crippen LogP contribution in [0.5, 0.6) is 0 Å². The van der Waals surface area contributed by atoms with Gasteiger partial charge in [-0.3, -0.25) is 19.8 Å². The van der Waals surface area contributed by atoms with Crippen LogP contribution in [0.25, 0.3) is 0 Å². The summed E-state index contributed by atoms with van der Waals surface area (Å²) in [5.74, 6) is -0.710. The van der Waals surface area contributed by atoms with Crippen molar-refractivity contribution < 1.29 is 19.1 Å². The minimum Gasteiger partial charge on any atom is -0.481 e. The van der Waals surface area contributed by atoms with Crippen LogP contribution in [0.2, 0.25) is 0 Å². The maximum atomic E-state index is 11.8. The number of anilines is 1. The molecule has 1 atom stereocenters. The van der Waals surface area contributed by atoms with Crippen molar-refractivity contribution in [1.29, 1.82) is 0 Å². The van der Waals surface area contributed by atoms with E-state index in [9.17, 15) is 14.7 Å². The summed E-state index contributed by atoms with van der Waals surface area (Å²) in [5.41, 5.74) is -0.735. The van der Waals surface area contributed by atoms with Crippen LogP contribution in [-0.2, 0) is 9.59 Å². The highest BCUT2D eigenvalue weighted by atomic mass is 16.4. The Labute approximate surface area is 116 Å². The molecule has 1 amide bonds. The quantitative estimate of drug-likeness (QED) is 0.809. The highest BCUT2D eigenvalue weighted by Gasteiger charge is 2.43. The van der Waals surface area contributed by atoms with Crippen molar-refractivity contribution in [3.05, 3.63) is 5.89 Å². The van der Waals surface area contributed by atoms with Gasteiger partial charge in [0.1, 0.15) is 0 Å². The lowest BCUT2D eigenvalue weighted by Crippen LogP contribution is -2.37. The molecule has 0 spiro atoms. The molecule has 0 bridgehead atoms. The predicted molar refractivity (Wildman–Crippen MR) is 69.1 cm³/mol. The molecule has 2 heterocycles. The molecule has 8 heteroatoms. The molecule has 1 aromatic rings. The van der Waals surface area contributed by atoms with E-state index >= 15 is 0 Å². The van der Waals surface area contributed by atoms with Crippen LogP contribution >= 0.6 is 0 Å². The number of carboxylic acids is 1. The van der Waals surface area contributed by atoms with Gasteiger partial charge in [0.15, 0.2) is 0 Å². The fourth-order valence-electron chi connectivity index (χ4n) is 2.42. The number of hydrogen-bond acceptors (Lipinski definition) is 6. The standard InChI is InChI=1S/C12H18N4O4/c1-3-12(10(18)19)4-5-16(7-12)6-9(17)13-11-15-14-8(2)20-11/h3-7H2,1-2H3,(H,18,19)(H,13,15,17). The van der Waals surface area contributed by atoms with Crippen molar-refractivity contribution in [2.24, 2.45) is 5.41 Å². The summed E-state index contributed by atoms with van der Waals surface area (Å²) < 4.78 is 5.05. The number of nitrogens with one attached hydrogen (secondary N) is 1. The third kappa shape index (κ3) is 2.96. The van der Waals surface area contributed by atoms with Crippen molar-refractivity contribution in [2.45, 2.75) is 26.7 Å². The summed E-state index contributed by atoms with van der Waals surface area (Å²) in [6.07, 6.45) is 1.12. The minimum absolute atomic E-state index is 0.0617. The zero-order valence-corrected chi connectivity index (χ0v) is 11.5. The van der Waals surface area contributed by atoms with E-state index in [1.807, 2.05) is 11.8 Å². The van der Waals surface area contributed by atoms with Crippen molar-refractivity contribution in [2.75, 3.05) is 25.0 Å². The summed E-state index contributed by atoms with van der Waals surface area (Å²) in [5, 5.41) is 19.1. The van der Waals surface area contributed by atoms with Crippen LogP contribution in [0, 0.1) is 12.3 Å². The van der Waals surface area contributed by atoms with Gasteiger partial charge in [0.25, 0.3) is 0 Å². The smallest absolute Gasteiger partial charge is 0.322 e. The number of carbonyl (C=O) groups excluding carboxylic acids is 1. The lowest BCUT2D eigenvalue weighted by atomic mass is 9.84. The number of aryl methyl sites for hydroxylation is 1. The largest absolute Gasteiger partial charge is 0.481 e. The molecule has 1 saturated heterocycles. The molecule has 0 radical (unpaired) electrons. The van der Waals surface area contributed by atoms with Crippen molar-refractivity contribution in [1.82, 2.24) is 15.1 Å². The first-order valence-corrected chi connectivity index (χ1v) is 6.51. The van der Waals surface area contributed by atoms with Gasteiger partial charge in [-0.2, -0.15) is 0 Å². The van der Waals surface area contributed by atoms with E-state index < -0.39 is 11.4 Å². The van der Waals surface area contributed by atoms with Gasteiger partial charge in [-0.15, -0.1) is 5.10 Å².